The molecule has 2 amide bonds. The number of carbonyl (C=O) groups is 3. The SMILES string of the molecule is O=C(O)C(c1ccccc1)N1CCCC(C(=O)N2CCN(C(=O)c3cc(Oc4n[nH]c(=O)c5ccccc45)ccc3F)CC2)C1. The number of nitrogens with zero attached hydrogens (tertiary/aromatic N) is 4. The minimum absolute atomic E-state index is 0.0637. The van der Waals surface area contributed by atoms with Crippen LogP contribution >= 0.6 is 0 Å². The van der Waals surface area contributed by atoms with Gasteiger partial charge in [0.1, 0.15) is 17.6 Å². The van der Waals surface area contributed by atoms with Gasteiger partial charge < -0.3 is 19.6 Å². The van der Waals surface area contributed by atoms with Crippen LogP contribution in [0, 0.1) is 11.7 Å². The van der Waals surface area contributed by atoms with Crippen molar-refractivity contribution >= 4 is 28.6 Å². The van der Waals surface area contributed by atoms with E-state index in [1.54, 1.807) is 53.4 Å². The van der Waals surface area contributed by atoms with Crippen LogP contribution in [-0.2, 0) is 9.59 Å². The second-order valence-corrected chi connectivity index (χ2v) is 11.3. The summed E-state index contributed by atoms with van der Waals surface area (Å²) in [5.41, 5.74) is 0.128. The number of benzene rings is 3. The Kier molecular flexibility index (Phi) is 8.56. The van der Waals surface area contributed by atoms with Crippen LogP contribution in [0.15, 0.2) is 77.6 Å². The molecular formula is C33H32FN5O6. The average molecular weight is 614 g/mol. The molecular weight excluding hydrogens is 581 g/mol. The number of piperazine rings is 1. The highest BCUT2D eigenvalue weighted by Crippen LogP contribution is 2.30. The molecule has 2 fully saturated rings. The number of H-pyrrole nitrogens is 1. The van der Waals surface area contributed by atoms with Gasteiger partial charge in [-0.1, -0.05) is 42.5 Å². The number of halogens is 1. The Balaban J connectivity index is 1.10. The molecule has 0 radical (unpaired) electrons. The van der Waals surface area contributed by atoms with E-state index in [0.29, 0.717) is 42.3 Å². The highest BCUT2D eigenvalue weighted by atomic mass is 19.1. The van der Waals surface area contributed by atoms with Crippen molar-refractivity contribution in [2.45, 2.75) is 18.9 Å². The second-order valence-electron chi connectivity index (χ2n) is 11.3. The molecule has 45 heavy (non-hydrogen) atoms. The highest BCUT2D eigenvalue weighted by Gasteiger charge is 2.37. The number of piperidine rings is 1. The number of carboxylic acids is 1. The number of hydrogen-bond donors (Lipinski definition) is 2. The summed E-state index contributed by atoms with van der Waals surface area (Å²) in [6, 6.07) is 18.8. The Morgan fingerprint density at radius 1 is 0.911 bits per heavy atom. The summed E-state index contributed by atoms with van der Waals surface area (Å²) in [5, 5.41) is 17.2. The number of nitrogens with one attached hydrogen (secondary N) is 1. The predicted molar refractivity (Wildman–Crippen MR) is 162 cm³/mol. The first-order valence-corrected chi connectivity index (χ1v) is 14.8. The molecule has 6 rings (SSSR count). The van der Waals surface area contributed by atoms with E-state index in [1.165, 1.54) is 17.0 Å². The fourth-order valence-electron chi connectivity index (χ4n) is 6.16. The third-order valence-corrected chi connectivity index (χ3v) is 8.44. The summed E-state index contributed by atoms with van der Waals surface area (Å²) >= 11 is 0. The summed E-state index contributed by atoms with van der Waals surface area (Å²) in [6.07, 6.45) is 1.36. The van der Waals surface area contributed by atoms with Crippen molar-refractivity contribution in [2.24, 2.45) is 5.92 Å². The quantitative estimate of drug-likeness (QED) is 0.322. The number of carbonyl (C=O) groups excluding carboxylic acids is 2. The van der Waals surface area contributed by atoms with E-state index in [0.717, 1.165) is 6.07 Å². The molecule has 3 aromatic carbocycles. The summed E-state index contributed by atoms with van der Waals surface area (Å²) in [5.74, 6) is -2.32. The van der Waals surface area contributed by atoms with E-state index in [4.69, 9.17) is 4.74 Å². The molecule has 12 heteroatoms. The molecule has 2 aliphatic rings. The third-order valence-electron chi connectivity index (χ3n) is 8.44. The van der Waals surface area contributed by atoms with E-state index in [1.807, 2.05) is 11.0 Å². The Hall–Kier alpha value is -5.10. The number of carboxylic acid groups (broad SMARTS) is 1. The Bertz CT molecular complexity index is 1790. The molecule has 0 spiro atoms. The fourth-order valence-corrected chi connectivity index (χ4v) is 6.16. The van der Waals surface area contributed by atoms with Gasteiger partial charge in [0.15, 0.2) is 0 Å². The zero-order valence-corrected chi connectivity index (χ0v) is 24.4. The Labute approximate surface area is 257 Å². The van der Waals surface area contributed by atoms with Crippen molar-refractivity contribution in [2.75, 3.05) is 39.3 Å². The van der Waals surface area contributed by atoms with Gasteiger partial charge in [-0.2, -0.15) is 0 Å². The first-order chi connectivity index (χ1) is 21.8. The predicted octanol–water partition coefficient (Wildman–Crippen LogP) is 3.68. The maximum atomic E-state index is 14.9. The summed E-state index contributed by atoms with van der Waals surface area (Å²) in [6.45, 7) is 1.93. The van der Waals surface area contributed by atoms with Gasteiger partial charge in [0.25, 0.3) is 11.5 Å². The molecule has 1 aromatic heterocycles. The van der Waals surface area contributed by atoms with Crippen molar-refractivity contribution in [3.05, 3.63) is 100 Å². The van der Waals surface area contributed by atoms with Crippen LogP contribution in [0.25, 0.3) is 10.8 Å². The van der Waals surface area contributed by atoms with Gasteiger partial charge in [0, 0.05) is 32.7 Å². The molecule has 0 bridgehead atoms. The molecule has 4 aromatic rings. The van der Waals surface area contributed by atoms with Crippen LogP contribution in [0.5, 0.6) is 11.6 Å². The smallest absolute Gasteiger partial charge is 0.325 e. The minimum Gasteiger partial charge on any atom is -0.480 e. The van der Waals surface area contributed by atoms with E-state index in [9.17, 15) is 28.7 Å². The molecule has 2 N–H and O–H groups in total. The van der Waals surface area contributed by atoms with Crippen molar-refractivity contribution in [3.8, 4) is 11.6 Å². The number of ether oxygens (including phenoxy) is 1. The molecule has 11 nitrogen and oxygen atoms in total. The van der Waals surface area contributed by atoms with E-state index < -0.39 is 23.7 Å². The summed E-state index contributed by atoms with van der Waals surface area (Å²) < 4.78 is 20.7. The average Bonchev–Trinajstić information content (AvgIpc) is 3.07. The number of aliphatic carboxylic acids is 1. The molecule has 2 unspecified atom stereocenters. The standard InChI is InChI=1S/C33H32FN5O6/c34-27-13-12-23(45-30-25-11-5-4-10-24(25)29(40)35-36-30)19-26(27)32(42)38-17-15-37(16-18-38)31(41)22-9-6-14-39(20-22)28(33(43)44)21-7-2-1-3-8-21/h1-5,7-8,10-13,19,22,28H,6,9,14-18,20H2,(H,35,40)(H,43,44). The number of hydrogen-bond acceptors (Lipinski definition) is 7. The number of aromatic amines is 1. The maximum absolute atomic E-state index is 14.9. The normalized spacial score (nSPS) is 18.0. The van der Waals surface area contributed by atoms with E-state index >= 15 is 0 Å². The lowest BCUT2D eigenvalue weighted by atomic mass is 9.93. The van der Waals surface area contributed by atoms with Gasteiger partial charge in [0.05, 0.1) is 22.3 Å². The number of amides is 2. The van der Waals surface area contributed by atoms with Crippen LogP contribution in [0.1, 0.15) is 34.8 Å². The second kappa shape index (κ2) is 12.9. The number of fused-ring (bicyclic) bond motifs is 1. The van der Waals surface area contributed by atoms with Crippen LogP contribution < -0.4 is 10.3 Å². The zero-order chi connectivity index (χ0) is 31.5. The lowest BCUT2D eigenvalue weighted by Crippen LogP contribution is -2.54. The van der Waals surface area contributed by atoms with Crippen molar-refractivity contribution in [1.82, 2.24) is 24.9 Å². The van der Waals surface area contributed by atoms with Gasteiger partial charge in [-0.05, 0) is 55.3 Å². The molecule has 2 atom stereocenters. The van der Waals surface area contributed by atoms with Gasteiger partial charge >= 0.3 is 5.97 Å². The zero-order valence-electron chi connectivity index (χ0n) is 24.4. The topological polar surface area (TPSA) is 136 Å². The lowest BCUT2D eigenvalue weighted by molar-refractivity contribution is -0.147. The molecule has 2 aliphatic heterocycles. The van der Waals surface area contributed by atoms with E-state index in [2.05, 4.69) is 10.2 Å². The van der Waals surface area contributed by atoms with Crippen LogP contribution in [-0.4, -0.2) is 87.1 Å². The van der Waals surface area contributed by atoms with Crippen LogP contribution in [0.2, 0.25) is 0 Å². The molecule has 232 valence electrons. The number of likely N-dealkylation sites (tertiary alicyclic amines) is 1. The minimum atomic E-state index is -0.952. The third kappa shape index (κ3) is 6.27. The maximum Gasteiger partial charge on any atom is 0.325 e. The van der Waals surface area contributed by atoms with Crippen LogP contribution in [0.4, 0.5) is 4.39 Å². The molecule has 0 saturated carbocycles. The Morgan fingerprint density at radius 3 is 2.33 bits per heavy atom. The summed E-state index contributed by atoms with van der Waals surface area (Å²) in [7, 11) is 0. The van der Waals surface area contributed by atoms with Gasteiger partial charge in [-0.25, -0.2) is 9.49 Å². The van der Waals surface area contributed by atoms with Crippen molar-refractivity contribution in [1.29, 1.82) is 0 Å². The number of rotatable bonds is 7. The number of aromatic nitrogens is 2. The molecule has 2 saturated heterocycles. The first kappa shape index (κ1) is 29.9. The van der Waals surface area contributed by atoms with Crippen LogP contribution in [0.3, 0.4) is 0 Å². The van der Waals surface area contributed by atoms with Gasteiger partial charge in [-0.3, -0.25) is 24.1 Å². The van der Waals surface area contributed by atoms with Crippen molar-refractivity contribution < 1.29 is 28.6 Å². The van der Waals surface area contributed by atoms with Crippen molar-refractivity contribution in [3.63, 3.8) is 0 Å². The summed E-state index contributed by atoms with van der Waals surface area (Å²) in [4.78, 5) is 56.2. The largest absolute Gasteiger partial charge is 0.480 e. The van der Waals surface area contributed by atoms with Gasteiger partial charge in [-0.15, -0.1) is 5.10 Å². The lowest BCUT2D eigenvalue weighted by Gasteiger charge is -2.40. The monoisotopic (exact) mass is 613 g/mol. The molecule has 0 aliphatic carbocycles. The molecule has 3 heterocycles. The first-order valence-electron chi connectivity index (χ1n) is 14.8. The highest BCUT2D eigenvalue weighted by molar-refractivity contribution is 5.95. The van der Waals surface area contributed by atoms with Gasteiger partial charge in [0.2, 0.25) is 11.8 Å². The Morgan fingerprint density at radius 2 is 1.60 bits per heavy atom. The fraction of sp³-hybridized carbons (Fsp3) is 0.303. The van der Waals surface area contributed by atoms with E-state index in [-0.39, 0.29) is 60.8 Å².